The molecule has 0 saturated carbocycles. The predicted octanol–water partition coefficient (Wildman–Crippen LogP) is 22.3. The summed E-state index contributed by atoms with van der Waals surface area (Å²) in [7, 11) is 0. The molecular weight excluding hydrogens is 985 g/mol. The molecule has 0 rings (SSSR count). The lowest BCUT2D eigenvalue weighted by molar-refractivity contribution is -0.166. The van der Waals surface area contributed by atoms with Crippen molar-refractivity contribution in [2.45, 2.75) is 264 Å². The van der Waals surface area contributed by atoms with Crippen LogP contribution in [-0.2, 0) is 28.6 Å². The number of unbranched alkanes of at least 4 members (excludes halogenated alkanes) is 18. The van der Waals surface area contributed by atoms with Crippen LogP contribution >= 0.6 is 0 Å². The summed E-state index contributed by atoms with van der Waals surface area (Å²) >= 11 is 0. The van der Waals surface area contributed by atoms with Crippen molar-refractivity contribution in [1.82, 2.24) is 0 Å². The first-order valence-electron chi connectivity index (χ1n) is 32.1. The highest BCUT2D eigenvalue weighted by atomic mass is 16.6. The number of carbonyl (C=O) groups is 3. The molecule has 1 unspecified atom stereocenters. The summed E-state index contributed by atoms with van der Waals surface area (Å²) in [4.78, 5) is 38.2. The van der Waals surface area contributed by atoms with Gasteiger partial charge >= 0.3 is 17.9 Å². The molecule has 0 aliphatic rings. The minimum Gasteiger partial charge on any atom is -0.462 e. The maximum atomic E-state index is 12.8. The summed E-state index contributed by atoms with van der Waals surface area (Å²) in [6.45, 7) is 6.31. The van der Waals surface area contributed by atoms with E-state index in [0.717, 1.165) is 141 Å². The minimum absolute atomic E-state index is 0.0862. The van der Waals surface area contributed by atoms with Gasteiger partial charge in [0.1, 0.15) is 13.2 Å². The average Bonchev–Trinajstić information content (AvgIpc) is 3.46. The second kappa shape index (κ2) is 66.3. The summed E-state index contributed by atoms with van der Waals surface area (Å²) < 4.78 is 16.8. The zero-order valence-corrected chi connectivity index (χ0v) is 51.3. The molecule has 1 atom stereocenters. The van der Waals surface area contributed by atoms with Crippen molar-refractivity contribution in [2.24, 2.45) is 0 Å². The quantitative estimate of drug-likeness (QED) is 0.0261. The predicted molar refractivity (Wildman–Crippen MR) is 348 cm³/mol. The Morgan fingerprint density at radius 2 is 0.525 bits per heavy atom. The molecule has 0 spiro atoms. The second-order valence-corrected chi connectivity index (χ2v) is 20.6. The fourth-order valence-corrected chi connectivity index (χ4v) is 8.27. The van der Waals surface area contributed by atoms with Gasteiger partial charge in [0.25, 0.3) is 0 Å². The number of allylic oxidation sites excluding steroid dienone is 27. The first-order valence-corrected chi connectivity index (χ1v) is 32.1. The fourth-order valence-electron chi connectivity index (χ4n) is 8.27. The van der Waals surface area contributed by atoms with Gasteiger partial charge in [-0.3, -0.25) is 14.4 Å². The van der Waals surface area contributed by atoms with Crippen LogP contribution in [0.1, 0.15) is 258 Å². The van der Waals surface area contributed by atoms with Crippen molar-refractivity contribution >= 4 is 17.9 Å². The molecule has 0 radical (unpaired) electrons. The number of esters is 3. The monoisotopic (exact) mass is 1100 g/mol. The number of hydrogen-bond acceptors (Lipinski definition) is 6. The number of ether oxygens (including phenoxy) is 3. The zero-order chi connectivity index (χ0) is 57.8. The van der Waals surface area contributed by atoms with Crippen molar-refractivity contribution in [2.75, 3.05) is 13.2 Å². The normalized spacial score (nSPS) is 13.3. The SMILES string of the molecule is CC/C=C\C/C=C\C/C=C\C/C=C\C/C=C\C/C=C\C/C=C\C/C=C\C/C=C\CCCCCCCC(=O)OCC(COC(=O)CCCCCCCCCCCCCCCC)OC(=O)C/C=C\C/C=C\C/C=C\C/C=C\C/C=C\CC. The van der Waals surface area contributed by atoms with E-state index in [0.29, 0.717) is 19.3 Å². The minimum atomic E-state index is -0.848. The van der Waals surface area contributed by atoms with Gasteiger partial charge < -0.3 is 14.2 Å². The van der Waals surface area contributed by atoms with Crippen LogP contribution in [0.25, 0.3) is 0 Å². The Morgan fingerprint density at radius 1 is 0.275 bits per heavy atom. The Bertz CT molecular complexity index is 1840. The van der Waals surface area contributed by atoms with Gasteiger partial charge in [0.15, 0.2) is 6.10 Å². The molecule has 0 aromatic carbocycles. The maximum absolute atomic E-state index is 12.8. The highest BCUT2D eigenvalue weighted by Crippen LogP contribution is 2.15. The van der Waals surface area contributed by atoms with Crippen molar-refractivity contribution in [3.05, 3.63) is 170 Å². The van der Waals surface area contributed by atoms with Crippen molar-refractivity contribution in [3.63, 3.8) is 0 Å². The molecule has 0 saturated heterocycles. The van der Waals surface area contributed by atoms with E-state index in [9.17, 15) is 14.4 Å². The summed E-state index contributed by atoms with van der Waals surface area (Å²) in [5, 5.41) is 0. The van der Waals surface area contributed by atoms with Gasteiger partial charge in [-0.25, -0.2) is 0 Å². The van der Waals surface area contributed by atoms with Gasteiger partial charge in [-0.15, -0.1) is 0 Å². The van der Waals surface area contributed by atoms with E-state index in [-0.39, 0.29) is 31.6 Å². The van der Waals surface area contributed by atoms with Crippen LogP contribution in [0.15, 0.2) is 170 Å². The van der Waals surface area contributed by atoms with Crippen molar-refractivity contribution < 1.29 is 28.6 Å². The van der Waals surface area contributed by atoms with Crippen molar-refractivity contribution in [3.8, 4) is 0 Å². The van der Waals surface area contributed by atoms with Crippen LogP contribution in [0.2, 0.25) is 0 Å². The summed E-state index contributed by atoms with van der Waals surface area (Å²) in [6.07, 6.45) is 98.2. The number of hydrogen-bond donors (Lipinski definition) is 0. The van der Waals surface area contributed by atoms with E-state index in [1.54, 1.807) is 6.08 Å². The molecule has 0 aromatic heterocycles. The Hall–Kier alpha value is -5.23. The van der Waals surface area contributed by atoms with Crippen molar-refractivity contribution in [1.29, 1.82) is 0 Å². The highest BCUT2D eigenvalue weighted by Gasteiger charge is 2.19. The molecule has 448 valence electrons. The topological polar surface area (TPSA) is 78.9 Å². The first kappa shape index (κ1) is 74.8. The van der Waals surface area contributed by atoms with Crippen LogP contribution < -0.4 is 0 Å². The summed E-state index contributed by atoms with van der Waals surface area (Å²) in [5.41, 5.74) is 0. The molecule has 0 amide bonds. The molecule has 0 heterocycles. The van der Waals surface area contributed by atoms with Gasteiger partial charge in [0, 0.05) is 12.8 Å². The molecule has 6 heteroatoms. The molecule has 0 N–H and O–H groups in total. The third-order valence-electron chi connectivity index (χ3n) is 13.0. The van der Waals surface area contributed by atoms with Gasteiger partial charge in [-0.2, -0.15) is 0 Å². The molecule has 0 aliphatic heterocycles. The summed E-state index contributed by atoms with van der Waals surface area (Å²) in [6, 6.07) is 0. The van der Waals surface area contributed by atoms with Crippen LogP contribution in [0, 0.1) is 0 Å². The third-order valence-corrected chi connectivity index (χ3v) is 13.0. The van der Waals surface area contributed by atoms with Crippen LogP contribution in [-0.4, -0.2) is 37.2 Å². The van der Waals surface area contributed by atoms with E-state index in [2.05, 4.69) is 179 Å². The Morgan fingerprint density at radius 3 is 0.825 bits per heavy atom. The third kappa shape index (κ3) is 63.6. The lowest BCUT2D eigenvalue weighted by atomic mass is 10.0. The zero-order valence-electron chi connectivity index (χ0n) is 51.3. The molecular formula is C74H116O6. The van der Waals surface area contributed by atoms with E-state index in [4.69, 9.17) is 14.2 Å². The molecule has 0 bridgehead atoms. The van der Waals surface area contributed by atoms with Gasteiger partial charge in [-0.05, 0) is 116 Å². The highest BCUT2D eigenvalue weighted by molar-refractivity contribution is 5.72. The molecule has 6 nitrogen and oxygen atoms in total. The standard InChI is InChI=1S/C74H116O6/c1-4-7-10-13-16-19-22-25-28-29-30-31-32-33-34-35-36-37-38-39-40-41-42-43-44-45-47-49-52-55-58-61-64-67-73(76)79-70-71(69-78-72(75)66-63-60-57-54-51-48-27-24-21-18-15-12-9-6-3)80-74(77)68-65-62-59-56-53-50-46-26-23-20-17-14-11-8-5-2/h7-8,10-11,16-17,19-20,25-26,28,30-31,33-34,36-37,39-40,42-43,45-47,53,56,62,65,71H,4-6,9,12-15,18,21-24,27,29,32,35,38,41,44,48-52,54-55,57-61,63-64,66-70H2,1-3H3/b10-7-,11-8-,19-16-,20-17-,28-25-,31-30-,34-33-,37-36-,40-39-,43-42-,46-26-,47-45-,56-53-,65-62-. The van der Waals surface area contributed by atoms with E-state index in [1.807, 2.05) is 6.08 Å². The number of carbonyl (C=O) groups excluding carboxylic acids is 3. The van der Waals surface area contributed by atoms with Gasteiger partial charge in [0.05, 0.1) is 6.42 Å². The Labute approximate surface area is 492 Å². The average molecular weight is 1100 g/mol. The van der Waals surface area contributed by atoms with Crippen LogP contribution in [0.5, 0.6) is 0 Å². The van der Waals surface area contributed by atoms with E-state index >= 15 is 0 Å². The lowest BCUT2D eigenvalue weighted by Gasteiger charge is -2.18. The second-order valence-electron chi connectivity index (χ2n) is 20.6. The first-order chi connectivity index (χ1) is 39.5. The fraction of sp³-hybridized carbons (Fsp3) is 0.581. The lowest BCUT2D eigenvalue weighted by Crippen LogP contribution is -2.30. The van der Waals surface area contributed by atoms with Gasteiger partial charge in [-0.1, -0.05) is 294 Å². The number of rotatable bonds is 56. The van der Waals surface area contributed by atoms with E-state index < -0.39 is 12.1 Å². The van der Waals surface area contributed by atoms with Gasteiger partial charge in [0.2, 0.25) is 0 Å². The smallest absolute Gasteiger partial charge is 0.310 e. The van der Waals surface area contributed by atoms with Crippen LogP contribution in [0.4, 0.5) is 0 Å². The largest absolute Gasteiger partial charge is 0.462 e. The Balaban J connectivity index is 4.40. The van der Waals surface area contributed by atoms with E-state index in [1.165, 1.54) is 70.6 Å². The van der Waals surface area contributed by atoms with Crippen LogP contribution in [0.3, 0.4) is 0 Å². The maximum Gasteiger partial charge on any atom is 0.310 e. The molecule has 0 aromatic rings. The molecule has 0 fully saturated rings. The Kier molecular flexibility index (Phi) is 61.9. The summed E-state index contributed by atoms with van der Waals surface area (Å²) in [5.74, 6) is -1.08. The molecule has 80 heavy (non-hydrogen) atoms. The molecule has 0 aliphatic carbocycles.